The lowest BCUT2D eigenvalue weighted by atomic mass is 10.1. The minimum absolute atomic E-state index is 0.0301. The Morgan fingerprint density at radius 2 is 1.33 bits per heavy atom. The Morgan fingerprint density at radius 1 is 0.952 bits per heavy atom. The van der Waals surface area contributed by atoms with E-state index >= 15 is 0 Å². The number of carbonyl (C=O) groups excluding carboxylic acids is 2. The molecule has 0 atom stereocenters. The number of aromatic carboxylic acids is 1. The Balaban J connectivity index is 0.000000400. The molecule has 0 radical (unpaired) electrons. The molecular formula is C16H26N2O3. The number of amides is 1. The fourth-order valence-corrected chi connectivity index (χ4v) is 2.22. The summed E-state index contributed by atoms with van der Waals surface area (Å²) in [6.07, 6.45) is 0. The first-order chi connectivity index (χ1) is 9.87. The number of primary amides is 1. The fraction of sp³-hybridized carbons (Fsp3) is 0.500. The maximum Gasteiger partial charge on any atom is 0.249 e. The number of hydrogen-bond donors (Lipinski definition) is 1. The van der Waals surface area contributed by atoms with Gasteiger partial charge in [-0.2, -0.15) is 0 Å². The van der Waals surface area contributed by atoms with Crippen molar-refractivity contribution >= 4 is 11.9 Å². The molecule has 0 aromatic heterocycles. The summed E-state index contributed by atoms with van der Waals surface area (Å²) >= 11 is 0. The van der Waals surface area contributed by atoms with Crippen LogP contribution < -0.4 is 10.8 Å². The molecule has 0 saturated carbocycles. The van der Waals surface area contributed by atoms with Gasteiger partial charge in [0.2, 0.25) is 5.91 Å². The van der Waals surface area contributed by atoms with Gasteiger partial charge < -0.3 is 20.1 Å². The minimum atomic E-state index is -1.40. The average Bonchev–Trinajstić information content (AvgIpc) is 2.50. The van der Waals surface area contributed by atoms with Gasteiger partial charge in [-0.1, -0.05) is 18.2 Å². The number of rotatable bonds is 6. The summed E-state index contributed by atoms with van der Waals surface area (Å²) in [6.45, 7) is 14.2. The molecule has 0 aliphatic carbocycles. The molecule has 0 aliphatic heterocycles. The van der Waals surface area contributed by atoms with Crippen molar-refractivity contribution in [2.24, 2.45) is 5.73 Å². The Bertz CT molecular complexity index is 418. The third-order valence-corrected chi connectivity index (χ3v) is 4.10. The Kier molecular flexibility index (Phi) is 8.31. The predicted octanol–water partition coefficient (Wildman–Crippen LogP) is 1.03. The molecular weight excluding hydrogens is 268 g/mol. The van der Waals surface area contributed by atoms with E-state index in [1.165, 1.54) is 54.9 Å². The monoisotopic (exact) mass is 294 g/mol. The van der Waals surface area contributed by atoms with Crippen LogP contribution in [-0.4, -0.2) is 42.5 Å². The first-order valence-corrected chi connectivity index (χ1v) is 7.32. The van der Waals surface area contributed by atoms with Crippen molar-refractivity contribution in [2.45, 2.75) is 27.7 Å². The molecule has 0 fully saturated rings. The second-order valence-corrected chi connectivity index (χ2v) is 4.80. The van der Waals surface area contributed by atoms with E-state index in [2.05, 4.69) is 27.7 Å². The van der Waals surface area contributed by atoms with Crippen LogP contribution in [0.25, 0.3) is 0 Å². The van der Waals surface area contributed by atoms with E-state index in [-0.39, 0.29) is 11.1 Å². The van der Waals surface area contributed by atoms with E-state index in [1.54, 1.807) is 0 Å². The lowest BCUT2D eigenvalue weighted by Crippen LogP contribution is -2.47. The van der Waals surface area contributed by atoms with Crippen molar-refractivity contribution < 1.29 is 19.2 Å². The lowest BCUT2D eigenvalue weighted by molar-refractivity contribution is -0.921. The van der Waals surface area contributed by atoms with Gasteiger partial charge in [0.15, 0.2) is 0 Å². The molecule has 5 nitrogen and oxygen atoms in total. The Labute approximate surface area is 127 Å². The summed E-state index contributed by atoms with van der Waals surface area (Å²) in [6, 6.07) is 5.65. The quantitative estimate of drug-likeness (QED) is 0.795. The molecule has 0 unspecified atom stereocenters. The van der Waals surface area contributed by atoms with Crippen LogP contribution >= 0.6 is 0 Å². The standard InChI is InChI=1S/C8H7NO3.C8H20N/c9-7(10)5-3-1-2-4-6(5)8(11)12;1-5-9(6-2,7-3)8-4/h1-4H,(H2,9,10)(H,11,12);5-8H2,1-4H3/q;+1/p-1. The Hall–Kier alpha value is -1.88. The summed E-state index contributed by atoms with van der Waals surface area (Å²) in [5.41, 5.74) is 4.72. The zero-order valence-corrected chi connectivity index (χ0v) is 13.4. The molecule has 0 bridgehead atoms. The van der Waals surface area contributed by atoms with Crippen LogP contribution in [-0.2, 0) is 0 Å². The van der Waals surface area contributed by atoms with Crippen molar-refractivity contribution in [1.82, 2.24) is 0 Å². The highest BCUT2D eigenvalue weighted by Crippen LogP contribution is 2.06. The smallest absolute Gasteiger partial charge is 0.249 e. The van der Waals surface area contributed by atoms with Crippen LogP contribution in [0, 0.1) is 0 Å². The number of carboxylic acids is 1. The number of carboxylic acid groups (broad SMARTS) is 1. The van der Waals surface area contributed by atoms with Crippen molar-refractivity contribution in [2.75, 3.05) is 26.2 Å². The third-order valence-electron chi connectivity index (χ3n) is 4.10. The van der Waals surface area contributed by atoms with Gasteiger partial charge in [0.1, 0.15) is 0 Å². The fourth-order valence-electron chi connectivity index (χ4n) is 2.22. The van der Waals surface area contributed by atoms with Crippen molar-refractivity contribution in [3.8, 4) is 0 Å². The molecule has 1 aromatic rings. The molecule has 5 heteroatoms. The van der Waals surface area contributed by atoms with E-state index in [0.29, 0.717) is 0 Å². The number of quaternary nitrogens is 1. The van der Waals surface area contributed by atoms with Crippen LogP contribution in [0.15, 0.2) is 24.3 Å². The highest BCUT2D eigenvalue weighted by molar-refractivity contribution is 6.03. The minimum Gasteiger partial charge on any atom is -0.545 e. The maximum atomic E-state index is 10.7. The van der Waals surface area contributed by atoms with E-state index in [0.717, 1.165) is 0 Å². The third kappa shape index (κ3) is 5.55. The largest absolute Gasteiger partial charge is 0.545 e. The van der Waals surface area contributed by atoms with Gasteiger partial charge in [0.05, 0.1) is 32.1 Å². The molecule has 0 saturated heterocycles. The molecule has 0 spiro atoms. The molecule has 118 valence electrons. The van der Waals surface area contributed by atoms with Crippen molar-refractivity contribution in [3.63, 3.8) is 0 Å². The molecule has 1 aromatic carbocycles. The van der Waals surface area contributed by atoms with E-state index in [4.69, 9.17) is 5.73 Å². The summed E-state index contributed by atoms with van der Waals surface area (Å²) < 4.78 is 1.28. The number of benzene rings is 1. The molecule has 1 rings (SSSR count). The SMILES string of the molecule is CC[N+](CC)(CC)CC.NC(=O)c1ccccc1C(=O)[O-]. The van der Waals surface area contributed by atoms with Gasteiger partial charge in [-0.3, -0.25) is 4.79 Å². The van der Waals surface area contributed by atoms with Crippen LogP contribution in [0.1, 0.15) is 48.4 Å². The molecule has 21 heavy (non-hydrogen) atoms. The number of carbonyl (C=O) groups is 2. The van der Waals surface area contributed by atoms with Gasteiger partial charge in [-0.15, -0.1) is 0 Å². The summed E-state index contributed by atoms with van der Waals surface area (Å²) in [5, 5.41) is 10.4. The first kappa shape index (κ1) is 19.1. The second kappa shape index (κ2) is 9.13. The average molecular weight is 294 g/mol. The van der Waals surface area contributed by atoms with Gasteiger partial charge in [-0.25, -0.2) is 0 Å². The molecule has 0 heterocycles. The van der Waals surface area contributed by atoms with Crippen LogP contribution in [0.4, 0.5) is 0 Å². The highest BCUT2D eigenvalue weighted by Gasteiger charge is 2.16. The Morgan fingerprint density at radius 3 is 1.52 bits per heavy atom. The summed E-state index contributed by atoms with van der Waals surface area (Å²) in [5.74, 6) is -2.17. The van der Waals surface area contributed by atoms with Crippen molar-refractivity contribution in [1.29, 1.82) is 0 Å². The molecule has 2 N–H and O–H groups in total. The van der Waals surface area contributed by atoms with Gasteiger partial charge in [0, 0.05) is 11.1 Å². The zero-order chi connectivity index (χ0) is 16.5. The molecule has 1 amide bonds. The first-order valence-electron chi connectivity index (χ1n) is 7.32. The van der Waals surface area contributed by atoms with Gasteiger partial charge in [0.25, 0.3) is 0 Å². The second-order valence-electron chi connectivity index (χ2n) is 4.80. The number of nitrogens with two attached hydrogens (primary N) is 1. The van der Waals surface area contributed by atoms with E-state index < -0.39 is 11.9 Å². The van der Waals surface area contributed by atoms with Crippen LogP contribution in [0.5, 0.6) is 0 Å². The topological polar surface area (TPSA) is 83.2 Å². The van der Waals surface area contributed by atoms with Crippen molar-refractivity contribution in [3.05, 3.63) is 35.4 Å². The van der Waals surface area contributed by atoms with E-state index in [1.807, 2.05) is 0 Å². The number of nitrogens with zero attached hydrogens (tertiary/aromatic N) is 1. The normalized spacial score (nSPS) is 10.5. The number of hydrogen-bond acceptors (Lipinski definition) is 3. The lowest BCUT2D eigenvalue weighted by Gasteiger charge is -2.34. The van der Waals surface area contributed by atoms with E-state index in [9.17, 15) is 14.7 Å². The van der Waals surface area contributed by atoms with Gasteiger partial charge in [-0.05, 0) is 33.8 Å². The van der Waals surface area contributed by atoms with Gasteiger partial charge >= 0.3 is 0 Å². The van der Waals surface area contributed by atoms with Crippen LogP contribution in [0.2, 0.25) is 0 Å². The summed E-state index contributed by atoms with van der Waals surface area (Å²) in [7, 11) is 0. The zero-order valence-electron chi connectivity index (χ0n) is 13.4. The maximum absolute atomic E-state index is 10.7. The molecule has 0 aliphatic rings. The summed E-state index contributed by atoms with van der Waals surface area (Å²) in [4.78, 5) is 21.1. The highest BCUT2D eigenvalue weighted by atomic mass is 16.4. The van der Waals surface area contributed by atoms with Crippen LogP contribution in [0.3, 0.4) is 0 Å². The predicted molar refractivity (Wildman–Crippen MR) is 81.7 cm³/mol.